The molecule has 1 aliphatic carbocycles. The van der Waals surface area contributed by atoms with Crippen molar-refractivity contribution in [2.24, 2.45) is 11.3 Å². The van der Waals surface area contributed by atoms with Crippen molar-refractivity contribution in [2.45, 2.75) is 38.8 Å². The third kappa shape index (κ3) is 0.774. The quantitative estimate of drug-likeness (QED) is 0.559. The van der Waals surface area contributed by atoms with Crippen LogP contribution < -0.4 is 5.32 Å². The van der Waals surface area contributed by atoms with Crippen LogP contribution in [0.2, 0.25) is 0 Å². The summed E-state index contributed by atoms with van der Waals surface area (Å²) in [6.45, 7) is 3.83. The van der Waals surface area contributed by atoms with Gasteiger partial charge in [-0.3, -0.25) is 4.79 Å². The maximum atomic E-state index is 11.4. The molecule has 1 saturated heterocycles. The lowest BCUT2D eigenvalue weighted by atomic mass is 9.78. The normalized spacial score (nSPS) is 44.2. The van der Waals surface area contributed by atoms with E-state index in [-0.39, 0.29) is 17.2 Å². The van der Waals surface area contributed by atoms with Gasteiger partial charge in [-0.1, -0.05) is 13.8 Å². The molecule has 0 spiro atoms. The van der Waals surface area contributed by atoms with Gasteiger partial charge in [0.15, 0.2) is 0 Å². The van der Waals surface area contributed by atoms with E-state index in [0.717, 1.165) is 12.8 Å². The van der Waals surface area contributed by atoms with Crippen molar-refractivity contribution in [2.75, 3.05) is 0 Å². The molecule has 2 N–H and O–H groups in total. The lowest BCUT2D eigenvalue weighted by molar-refractivity contribution is -0.127. The van der Waals surface area contributed by atoms with E-state index in [0.29, 0.717) is 6.42 Å². The zero-order valence-electron chi connectivity index (χ0n) is 7.55. The largest absolute Gasteiger partial charge is 0.371 e. The summed E-state index contributed by atoms with van der Waals surface area (Å²) in [6.07, 6.45) is 2.69. The highest BCUT2D eigenvalue weighted by Crippen LogP contribution is 2.49. The number of hydrogen-bond acceptors (Lipinski definition) is 2. The van der Waals surface area contributed by atoms with Gasteiger partial charge >= 0.3 is 0 Å². The van der Waals surface area contributed by atoms with Gasteiger partial charge in [-0.05, 0) is 19.3 Å². The molecule has 1 amide bonds. The number of nitrogens with one attached hydrogen (secondary N) is 1. The first-order valence-corrected chi connectivity index (χ1v) is 4.52. The van der Waals surface area contributed by atoms with E-state index in [2.05, 4.69) is 5.32 Å². The van der Waals surface area contributed by atoms with Crippen LogP contribution in [0, 0.1) is 11.3 Å². The molecule has 0 aromatic heterocycles. The summed E-state index contributed by atoms with van der Waals surface area (Å²) in [5.74, 6) is 0.104. The Morgan fingerprint density at radius 2 is 2.25 bits per heavy atom. The molecule has 2 aliphatic rings. The third-order valence-corrected chi connectivity index (χ3v) is 3.41. The summed E-state index contributed by atoms with van der Waals surface area (Å²) in [4.78, 5) is 11.4. The Morgan fingerprint density at radius 3 is 2.83 bits per heavy atom. The third-order valence-electron chi connectivity index (χ3n) is 3.41. The van der Waals surface area contributed by atoms with Crippen molar-refractivity contribution in [3.63, 3.8) is 0 Å². The molecule has 3 heteroatoms. The van der Waals surface area contributed by atoms with Crippen LogP contribution in [0.15, 0.2) is 0 Å². The Balaban J connectivity index is 2.37. The Kier molecular flexibility index (Phi) is 1.35. The summed E-state index contributed by atoms with van der Waals surface area (Å²) in [7, 11) is 0. The lowest BCUT2D eigenvalue weighted by Gasteiger charge is -2.26. The van der Waals surface area contributed by atoms with Gasteiger partial charge in [-0.2, -0.15) is 0 Å². The lowest BCUT2D eigenvalue weighted by Crippen LogP contribution is -2.42. The molecule has 3 nitrogen and oxygen atoms in total. The van der Waals surface area contributed by atoms with Gasteiger partial charge in [0.25, 0.3) is 0 Å². The van der Waals surface area contributed by atoms with E-state index >= 15 is 0 Å². The van der Waals surface area contributed by atoms with E-state index in [1.807, 2.05) is 13.8 Å². The number of aliphatic hydroxyl groups is 1. The Hall–Kier alpha value is -0.570. The molecule has 12 heavy (non-hydrogen) atoms. The molecule has 0 unspecified atom stereocenters. The van der Waals surface area contributed by atoms with Crippen LogP contribution in [0.25, 0.3) is 0 Å². The van der Waals surface area contributed by atoms with Gasteiger partial charge in [0.1, 0.15) is 5.72 Å². The second-order valence-electron chi connectivity index (χ2n) is 4.54. The number of amides is 1. The fourth-order valence-corrected chi connectivity index (χ4v) is 2.61. The van der Waals surface area contributed by atoms with E-state index in [9.17, 15) is 9.90 Å². The number of hydrogen-bond donors (Lipinski definition) is 2. The first-order valence-electron chi connectivity index (χ1n) is 4.52. The average Bonchev–Trinajstić information content (AvgIpc) is 2.36. The highest BCUT2D eigenvalue weighted by atomic mass is 16.3. The maximum absolute atomic E-state index is 11.4. The van der Waals surface area contributed by atoms with Crippen molar-refractivity contribution in [3.05, 3.63) is 0 Å². The van der Waals surface area contributed by atoms with Crippen LogP contribution in [0.5, 0.6) is 0 Å². The van der Waals surface area contributed by atoms with E-state index < -0.39 is 5.72 Å². The monoisotopic (exact) mass is 169 g/mol. The minimum atomic E-state index is -0.888. The predicted molar refractivity (Wildman–Crippen MR) is 44.2 cm³/mol. The summed E-state index contributed by atoms with van der Waals surface area (Å²) in [5.41, 5.74) is -1.27. The van der Waals surface area contributed by atoms with Crippen LogP contribution >= 0.6 is 0 Å². The summed E-state index contributed by atoms with van der Waals surface area (Å²) in [5, 5.41) is 12.7. The molecule has 0 radical (unpaired) electrons. The predicted octanol–water partition coefficient (Wildman–Crippen LogP) is 0.631. The highest BCUT2D eigenvalue weighted by molar-refractivity contribution is 5.85. The highest BCUT2D eigenvalue weighted by Gasteiger charge is 2.58. The first-order chi connectivity index (χ1) is 5.47. The van der Waals surface area contributed by atoms with Crippen LogP contribution in [-0.4, -0.2) is 16.7 Å². The van der Waals surface area contributed by atoms with Crippen molar-refractivity contribution in [1.29, 1.82) is 0 Å². The molecule has 0 bridgehead atoms. The van der Waals surface area contributed by atoms with Crippen LogP contribution in [0.3, 0.4) is 0 Å². The molecule has 1 saturated carbocycles. The molecule has 1 heterocycles. The molecule has 0 aromatic carbocycles. The van der Waals surface area contributed by atoms with E-state index in [1.54, 1.807) is 0 Å². The fraction of sp³-hybridized carbons (Fsp3) is 0.889. The molecular weight excluding hydrogens is 154 g/mol. The summed E-state index contributed by atoms with van der Waals surface area (Å²) >= 11 is 0. The molecule has 2 fully saturated rings. The molecule has 1 aliphatic heterocycles. The smallest absolute Gasteiger partial charge is 0.228 e. The van der Waals surface area contributed by atoms with Gasteiger partial charge in [0, 0.05) is 5.92 Å². The molecule has 68 valence electrons. The topological polar surface area (TPSA) is 49.3 Å². The minimum Gasteiger partial charge on any atom is -0.371 e. The second-order valence-corrected chi connectivity index (χ2v) is 4.54. The molecule has 2 rings (SSSR count). The second kappa shape index (κ2) is 2.02. The number of rotatable bonds is 0. The van der Waals surface area contributed by atoms with Crippen molar-refractivity contribution < 1.29 is 9.90 Å². The zero-order valence-corrected chi connectivity index (χ0v) is 7.55. The van der Waals surface area contributed by atoms with Gasteiger partial charge in [-0.15, -0.1) is 0 Å². The van der Waals surface area contributed by atoms with E-state index in [4.69, 9.17) is 0 Å². The minimum absolute atomic E-state index is 0.00491. The van der Waals surface area contributed by atoms with Crippen LogP contribution in [0.1, 0.15) is 33.1 Å². The standard InChI is InChI=1S/C9H15NO2/c1-8(2)6-4-3-5-9(6,12)10-7(8)11/h6,12H,3-5H2,1-2H3,(H,10,11)/t6-,9+/m1/s1. The van der Waals surface area contributed by atoms with Crippen molar-refractivity contribution in [3.8, 4) is 0 Å². The molecular formula is C9H15NO2. The summed E-state index contributed by atoms with van der Waals surface area (Å²) < 4.78 is 0. The molecule has 0 aromatic rings. The number of carbonyl (C=O) groups excluding carboxylic acids is 1. The Morgan fingerprint density at radius 1 is 1.58 bits per heavy atom. The van der Waals surface area contributed by atoms with E-state index in [1.165, 1.54) is 0 Å². The van der Waals surface area contributed by atoms with Gasteiger partial charge in [-0.25, -0.2) is 0 Å². The number of fused-ring (bicyclic) bond motifs is 1. The Labute approximate surface area is 72.2 Å². The molecule has 2 atom stereocenters. The van der Waals surface area contributed by atoms with Crippen molar-refractivity contribution >= 4 is 5.91 Å². The van der Waals surface area contributed by atoms with Crippen molar-refractivity contribution in [1.82, 2.24) is 5.32 Å². The van der Waals surface area contributed by atoms with Crippen LogP contribution in [-0.2, 0) is 4.79 Å². The first kappa shape index (κ1) is 8.05. The van der Waals surface area contributed by atoms with Gasteiger partial charge < -0.3 is 10.4 Å². The fourth-order valence-electron chi connectivity index (χ4n) is 2.61. The Bertz CT molecular complexity index is 237. The SMILES string of the molecule is CC1(C)C(=O)N[C@]2(O)CCC[C@H]12. The summed E-state index contributed by atoms with van der Waals surface area (Å²) in [6, 6.07) is 0. The average molecular weight is 169 g/mol. The van der Waals surface area contributed by atoms with Crippen LogP contribution in [0.4, 0.5) is 0 Å². The van der Waals surface area contributed by atoms with Gasteiger partial charge in [0.2, 0.25) is 5.91 Å². The zero-order chi connectivity index (χ0) is 8.98. The van der Waals surface area contributed by atoms with Gasteiger partial charge in [0.05, 0.1) is 5.41 Å². The number of carbonyl (C=O) groups is 1. The maximum Gasteiger partial charge on any atom is 0.228 e.